The number of hydrogen-bond donors (Lipinski definition) is 1. The van der Waals surface area contributed by atoms with Gasteiger partial charge in [-0.1, -0.05) is 41.1 Å². The first kappa shape index (κ1) is 19.5. The normalized spacial score (nSPS) is 12.1. The summed E-state index contributed by atoms with van der Waals surface area (Å²) in [5.41, 5.74) is 2.81. The van der Waals surface area contributed by atoms with Crippen molar-refractivity contribution in [1.82, 2.24) is 25.4 Å². The summed E-state index contributed by atoms with van der Waals surface area (Å²) in [6.45, 7) is 4.00. The zero-order chi connectivity index (χ0) is 20.4. The van der Waals surface area contributed by atoms with Gasteiger partial charge in [0, 0.05) is 10.6 Å². The van der Waals surface area contributed by atoms with Crippen LogP contribution in [0.25, 0.3) is 22.8 Å². The van der Waals surface area contributed by atoms with E-state index in [-0.39, 0.29) is 5.25 Å². The minimum absolute atomic E-state index is 0.119. The van der Waals surface area contributed by atoms with Crippen LogP contribution in [0.5, 0.6) is 5.75 Å². The fourth-order valence-corrected chi connectivity index (χ4v) is 3.63. The summed E-state index contributed by atoms with van der Waals surface area (Å²) in [6.07, 6.45) is 0. The molecule has 0 aliphatic carbocycles. The third-order valence-corrected chi connectivity index (χ3v) is 5.43. The molecule has 2 heterocycles. The zero-order valence-electron chi connectivity index (χ0n) is 16.0. The minimum atomic E-state index is -0.119. The number of aryl methyl sites for hydroxylation is 1. The largest absolute Gasteiger partial charge is 0.496 e. The predicted octanol–water partition coefficient (Wildman–Crippen LogP) is 5.35. The molecule has 1 atom stereocenters. The Hall–Kier alpha value is -2.84. The molecule has 9 heteroatoms. The first-order valence-corrected chi connectivity index (χ1v) is 10.1. The molecule has 1 unspecified atom stereocenters. The third-order valence-electron chi connectivity index (χ3n) is 4.25. The number of benzene rings is 2. The maximum atomic E-state index is 6.11. The Balaban J connectivity index is 1.51. The molecular weight excluding hydrogens is 410 g/mol. The number of H-pyrrole nitrogens is 1. The number of aromatic amines is 1. The summed E-state index contributed by atoms with van der Waals surface area (Å²) in [5.74, 6) is 2.24. The molecule has 0 radical (unpaired) electrons. The summed E-state index contributed by atoms with van der Waals surface area (Å²) in [6, 6.07) is 13.3. The van der Waals surface area contributed by atoms with Crippen LogP contribution in [0.4, 0.5) is 0 Å². The Labute approximate surface area is 176 Å². The van der Waals surface area contributed by atoms with E-state index < -0.39 is 0 Å². The number of nitrogens with one attached hydrogen (secondary N) is 1. The van der Waals surface area contributed by atoms with E-state index in [4.69, 9.17) is 20.8 Å². The summed E-state index contributed by atoms with van der Waals surface area (Å²) in [5, 5.41) is 16.6. The molecule has 29 heavy (non-hydrogen) atoms. The molecule has 0 bridgehead atoms. The van der Waals surface area contributed by atoms with Gasteiger partial charge in [-0.05, 0) is 44.2 Å². The summed E-state index contributed by atoms with van der Waals surface area (Å²) >= 11 is 7.52. The van der Waals surface area contributed by atoms with Crippen LogP contribution in [0.2, 0.25) is 5.02 Å². The Morgan fingerprint density at radius 2 is 1.93 bits per heavy atom. The van der Waals surface area contributed by atoms with Gasteiger partial charge < -0.3 is 9.15 Å². The van der Waals surface area contributed by atoms with Crippen molar-refractivity contribution in [2.45, 2.75) is 24.3 Å². The van der Waals surface area contributed by atoms with Crippen molar-refractivity contribution in [2.24, 2.45) is 0 Å². The first-order valence-electron chi connectivity index (χ1n) is 8.87. The topological polar surface area (TPSA) is 89.7 Å². The van der Waals surface area contributed by atoms with Gasteiger partial charge in [0.2, 0.25) is 16.9 Å². The number of rotatable bonds is 6. The smallest absolute Gasteiger partial charge is 0.247 e. The molecule has 0 aliphatic heterocycles. The SMILES string of the molecule is COc1ccc(Cl)cc1-c1nc(SC(C)c2nnc(-c3ccc(C)cc3)o2)n[nH]1. The van der Waals surface area contributed by atoms with Crippen LogP contribution < -0.4 is 4.74 Å². The van der Waals surface area contributed by atoms with Gasteiger partial charge >= 0.3 is 0 Å². The van der Waals surface area contributed by atoms with E-state index in [0.717, 1.165) is 11.1 Å². The van der Waals surface area contributed by atoms with E-state index in [2.05, 4.69) is 25.4 Å². The molecule has 2 aromatic carbocycles. The molecule has 148 valence electrons. The van der Waals surface area contributed by atoms with E-state index in [1.807, 2.05) is 38.1 Å². The van der Waals surface area contributed by atoms with E-state index in [1.165, 1.54) is 17.3 Å². The van der Waals surface area contributed by atoms with Gasteiger partial charge in [-0.15, -0.1) is 15.3 Å². The lowest BCUT2D eigenvalue weighted by atomic mass is 10.1. The highest BCUT2D eigenvalue weighted by molar-refractivity contribution is 7.99. The monoisotopic (exact) mass is 427 g/mol. The van der Waals surface area contributed by atoms with Crippen LogP contribution >= 0.6 is 23.4 Å². The van der Waals surface area contributed by atoms with Crippen molar-refractivity contribution in [1.29, 1.82) is 0 Å². The van der Waals surface area contributed by atoms with Crippen LogP contribution in [-0.2, 0) is 0 Å². The molecule has 0 aliphatic rings. The number of ether oxygens (including phenoxy) is 1. The Morgan fingerprint density at radius 1 is 1.14 bits per heavy atom. The van der Waals surface area contributed by atoms with Crippen molar-refractivity contribution in [3.8, 4) is 28.6 Å². The molecule has 0 amide bonds. The van der Waals surface area contributed by atoms with E-state index in [9.17, 15) is 0 Å². The van der Waals surface area contributed by atoms with Gasteiger partial charge in [-0.2, -0.15) is 0 Å². The van der Waals surface area contributed by atoms with E-state index in [0.29, 0.717) is 33.5 Å². The molecule has 0 spiro atoms. The second kappa shape index (κ2) is 8.26. The fourth-order valence-electron chi connectivity index (χ4n) is 2.71. The molecular formula is C20H18ClN5O2S. The number of nitrogens with zero attached hydrogens (tertiary/aromatic N) is 4. The lowest BCUT2D eigenvalue weighted by molar-refractivity contribution is 0.416. The van der Waals surface area contributed by atoms with Crippen LogP contribution in [0.3, 0.4) is 0 Å². The van der Waals surface area contributed by atoms with E-state index in [1.54, 1.807) is 25.3 Å². The van der Waals surface area contributed by atoms with Gasteiger partial charge in [0.15, 0.2) is 5.82 Å². The molecule has 7 nitrogen and oxygen atoms in total. The number of halogens is 1. The zero-order valence-corrected chi connectivity index (χ0v) is 17.6. The second-order valence-electron chi connectivity index (χ2n) is 6.38. The van der Waals surface area contributed by atoms with Crippen LogP contribution in [-0.4, -0.2) is 32.5 Å². The molecule has 0 fully saturated rings. The van der Waals surface area contributed by atoms with Crippen molar-refractivity contribution in [2.75, 3.05) is 7.11 Å². The van der Waals surface area contributed by atoms with Crippen LogP contribution in [0.1, 0.15) is 23.6 Å². The molecule has 4 rings (SSSR count). The number of methoxy groups -OCH3 is 1. The standard InChI is InChI=1S/C20H18ClN5O2S/c1-11-4-6-13(7-5-11)19-25-24-18(28-19)12(2)29-20-22-17(23-26-20)15-10-14(21)8-9-16(15)27-3/h4-10,12H,1-3H3,(H,22,23,26). The minimum Gasteiger partial charge on any atom is -0.496 e. The number of hydrogen-bond acceptors (Lipinski definition) is 7. The summed E-state index contributed by atoms with van der Waals surface area (Å²) < 4.78 is 11.2. The van der Waals surface area contributed by atoms with Crippen molar-refractivity contribution in [3.05, 3.63) is 58.9 Å². The van der Waals surface area contributed by atoms with Crippen LogP contribution in [0, 0.1) is 6.92 Å². The molecule has 4 aromatic rings. The van der Waals surface area contributed by atoms with Gasteiger partial charge in [0.1, 0.15) is 5.75 Å². The van der Waals surface area contributed by atoms with Gasteiger partial charge in [-0.3, -0.25) is 5.10 Å². The molecule has 0 saturated carbocycles. The first-order chi connectivity index (χ1) is 14.0. The third kappa shape index (κ3) is 4.28. The summed E-state index contributed by atoms with van der Waals surface area (Å²) in [7, 11) is 1.60. The maximum absolute atomic E-state index is 6.11. The lowest BCUT2D eigenvalue weighted by Crippen LogP contribution is -1.90. The lowest BCUT2D eigenvalue weighted by Gasteiger charge is -2.05. The second-order valence-corrected chi connectivity index (χ2v) is 8.13. The molecule has 1 N–H and O–H groups in total. The van der Waals surface area contributed by atoms with E-state index >= 15 is 0 Å². The van der Waals surface area contributed by atoms with Gasteiger partial charge in [-0.25, -0.2) is 4.98 Å². The average Bonchev–Trinajstić information content (AvgIpc) is 3.38. The number of aromatic nitrogens is 5. The van der Waals surface area contributed by atoms with Gasteiger partial charge in [0.25, 0.3) is 0 Å². The van der Waals surface area contributed by atoms with Crippen LogP contribution in [0.15, 0.2) is 52.0 Å². The highest BCUT2D eigenvalue weighted by atomic mass is 35.5. The highest BCUT2D eigenvalue weighted by Gasteiger charge is 2.19. The Kier molecular flexibility index (Phi) is 5.55. The van der Waals surface area contributed by atoms with Crippen molar-refractivity contribution >= 4 is 23.4 Å². The van der Waals surface area contributed by atoms with Crippen molar-refractivity contribution < 1.29 is 9.15 Å². The number of thioether (sulfide) groups is 1. The highest BCUT2D eigenvalue weighted by Crippen LogP contribution is 2.35. The molecule has 2 aromatic heterocycles. The quantitative estimate of drug-likeness (QED) is 0.415. The predicted molar refractivity (Wildman–Crippen MR) is 112 cm³/mol. The molecule has 0 saturated heterocycles. The fraction of sp³-hybridized carbons (Fsp3) is 0.200. The average molecular weight is 428 g/mol. The van der Waals surface area contributed by atoms with Gasteiger partial charge in [0.05, 0.1) is 17.9 Å². The maximum Gasteiger partial charge on any atom is 0.247 e. The Bertz CT molecular complexity index is 1130. The Morgan fingerprint density at radius 3 is 2.69 bits per heavy atom. The summed E-state index contributed by atoms with van der Waals surface area (Å²) in [4.78, 5) is 4.54. The van der Waals surface area contributed by atoms with Crippen molar-refractivity contribution in [3.63, 3.8) is 0 Å².